The summed E-state index contributed by atoms with van der Waals surface area (Å²) in [4.78, 5) is 40.0. The van der Waals surface area contributed by atoms with Gasteiger partial charge in [0, 0.05) is 43.7 Å². The molecule has 0 spiro atoms. The van der Waals surface area contributed by atoms with Gasteiger partial charge in [0.15, 0.2) is 0 Å². The topological polar surface area (TPSA) is 77.9 Å². The molecular formula is C22H22N2O4. The zero-order chi connectivity index (χ0) is 19.8. The molecule has 2 unspecified atom stereocenters. The summed E-state index contributed by atoms with van der Waals surface area (Å²) in [5.41, 5.74) is 3.29. The maximum Gasteiger partial charge on any atom is 0.308 e. The van der Waals surface area contributed by atoms with Gasteiger partial charge in [-0.05, 0) is 35.7 Å². The number of carboxylic acids is 1. The molecule has 2 heterocycles. The summed E-state index contributed by atoms with van der Waals surface area (Å²) in [5.74, 6) is -1.81. The van der Waals surface area contributed by atoms with Crippen LogP contribution in [0.4, 0.5) is 5.69 Å². The average Bonchev–Trinajstić information content (AvgIpc) is 3.16. The van der Waals surface area contributed by atoms with Crippen LogP contribution in [0.15, 0.2) is 48.5 Å². The van der Waals surface area contributed by atoms with E-state index in [-0.39, 0.29) is 24.3 Å². The Morgan fingerprint density at radius 1 is 1.04 bits per heavy atom. The number of hydrogen-bond acceptors (Lipinski definition) is 3. The van der Waals surface area contributed by atoms with Gasteiger partial charge < -0.3 is 14.9 Å². The number of nitrogens with zero attached hydrogens (tertiary/aromatic N) is 2. The van der Waals surface area contributed by atoms with E-state index in [1.807, 2.05) is 36.4 Å². The molecular weight excluding hydrogens is 356 g/mol. The number of carbonyl (C=O) groups is 3. The van der Waals surface area contributed by atoms with Gasteiger partial charge in [0.25, 0.3) is 5.91 Å². The highest BCUT2D eigenvalue weighted by Gasteiger charge is 2.40. The summed E-state index contributed by atoms with van der Waals surface area (Å²) in [5, 5.41) is 9.65. The average molecular weight is 378 g/mol. The van der Waals surface area contributed by atoms with Crippen LogP contribution >= 0.6 is 0 Å². The summed E-state index contributed by atoms with van der Waals surface area (Å²) < 4.78 is 0. The van der Waals surface area contributed by atoms with Crippen LogP contribution in [0.1, 0.15) is 33.8 Å². The van der Waals surface area contributed by atoms with Crippen LogP contribution in [0.25, 0.3) is 0 Å². The normalized spacial score (nSPS) is 21.5. The SMILES string of the molecule is CN1C(=O)CCc2cc(C(=O)N3CC(C(=O)O)C(c4ccccc4)C3)ccc21. The number of aryl methyl sites for hydroxylation is 1. The minimum absolute atomic E-state index is 0.0705. The van der Waals surface area contributed by atoms with Crippen molar-refractivity contribution in [3.05, 3.63) is 65.2 Å². The van der Waals surface area contributed by atoms with Gasteiger partial charge in [-0.1, -0.05) is 30.3 Å². The molecule has 6 nitrogen and oxygen atoms in total. The predicted molar refractivity (Wildman–Crippen MR) is 104 cm³/mol. The molecule has 144 valence electrons. The molecule has 1 N–H and O–H groups in total. The number of aliphatic carboxylic acids is 1. The van der Waals surface area contributed by atoms with Crippen molar-refractivity contribution in [2.24, 2.45) is 5.92 Å². The second kappa shape index (κ2) is 7.11. The van der Waals surface area contributed by atoms with Crippen molar-refractivity contribution in [2.45, 2.75) is 18.8 Å². The fourth-order valence-electron chi connectivity index (χ4n) is 4.23. The van der Waals surface area contributed by atoms with Gasteiger partial charge in [-0.15, -0.1) is 0 Å². The van der Waals surface area contributed by atoms with Crippen LogP contribution in [-0.2, 0) is 16.0 Å². The number of amides is 2. The lowest BCUT2D eigenvalue weighted by molar-refractivity contribution is -0.141. The molecule has 0 aliphatic carbocycles. The van der Waals surface area contributed by atoms with Gasteiger partial charge in [-0.25, -0.2) is 0 Å². The lowest BCUT2D eigenvalue weighted by Gasteiger charge is -2.26. The van der Waals surface area contributed by atoms with E-state index in [1.165, 1.54) is 0 Å². The van der Waals surface area contributed by atoms with Crippen LogP contribution in [0.2, 0.25) is 0 Å². The van der Waals surface area contributed by atoms with Crippen LogP contribution < -0.4 is 4.90 Å². The third-order valence-corrected chi connectivity index (χ3v) is 5.82. The van der Waals surface area contributed by atoms with E-state index in [2.05, 4.69) is 0 Å². The van der Waals surface area contributed by atoms with E-state index in [0.29, 0.717) is 24.9 Å². The quantitative estimate of drug-likeness (QED) is 0.890. The first-order valence-electron chi connectivity index (χ1n) is 9.42. The first-order chi connectivity index (χ1) is 13.5. The minimum atomic E-state index is -0.880. The molecule has 4 rings (SSSR count). The number of anilines is 1. The van der Waals surface area contributed by atoms with Crippen molar-refractivity contribution in [1.29, 1.82) is 0 Å². The molecule has 2 aromatic carbocycles. The van der Waals surface area contributed by atoms with Crippen molar-refractivity contribution in [1.82, 2.24) is 4.90 Å². The monoisotopic (exact) mass is 378 g/mol. The van der Waals surface area contributed by atoms with Crippen LogP contribution in [0.5, 0.6) is 0 Å². The number of likely N-dealkylation sites (tertiary alicyclic amines) is 1. The summed E-state index contributed by atoms with van der Waals surface area (Å²) in [6.45, 7) is 0.582. The second-order valence-electron chi connectivity index (χ2n) is 7.47. The molecule has 0 saturated carbocycles. The van der Waals surface area contributed by atoms with E-state index in [9.17, 15) is 19.5 Å². The number of hydrogen-bond donors (Lipinski definition) is 1. The van der Waals surface area contributed by atoms with E-state index < -0.39 is 11.9 Å². The summed E-state index contributed by atoms with van der Waals surface area (Å²) >= 11 is 0. The van der Waals surface area contributed by atoms with Crippen LogP contribution in [0.3, 0.4) is 0 Å². The van der Waals surface area contributed by atoms with Gasteiger partial charge >= 0.3 is 5.97 Å². The van der Waals surface area contributed by atoms with Gasteiger partial charge in [-0.2, -0.15) is 0 Å². The summed E-state index contributed by atoms with van der Waals surface area (Å²) in [7, 11) is 1.74. The van der Waals surface area contributed by atoms with E-state index >= 15 is 0 Å². The molecule has 2 aliphatic heterocycles. The Morgan fingerprint density at radius 2 is 1.79 bits per heavy atom. The van der Waals surface area contributed by atoms with Gasteiger partial charge in [0.05, 0.1) is 5.92 Å². The molecule has 0 aromatic heterocycles. The molecule has 2 atom stereocenters. The number of carbonyl (C=O) groups excluding carboxylic acids is 2. The largest absolute Gasteiger partial charge is 0.481 e. The van der Waals surface area contributed by atoms with Crippen molar-refractivity contribution < 1.29 is 19.5 Å². The van der Waals surface area contributed by atoms with Crippen molar-refractivity contribution in [3.8, 4) is 0 Å². The summed E-state index contributed by atoms with van der Waals surface area (Å²) in [6, 6.07) is 14.9. The molecule has 0 radical (unpaired) electrons. The Kier molecular flexibility index (Phi) is 4.63. The predicted octanol–water partition coefficient (Wildman–Crippen LogP) is 2.54. The van der Waals surface area contributed by atoms with Crippen molar-refractivity contribution in [3.63, 3.8) is 0 Å². The summed E-state index contributed by atoms with van der Waals surface area (Å²) in [6.07, 6.45) is 1.05. The van der Waals surface area contributed by atoms with E-state index in [1.54, 1.807) is 29.0 Å². The Bertz CT molecular complexity index is 941. The maximum absolute atomic E-state index is 13.1. The smallest absolute Gasteiger partial charge is 0.308 e. The Hall–Kier alpha value is -3.15. The highest BCUT2D eigenvalue weighted by atomic mass is 16.4. The molecule has 2 amide bonds. The number of benzene rings is 2. The van der Waals surface area contributed by atoms with Crippen molar-refractivity contribution in [2.75, 3.05) is 25.0 Å². The molecule has 1 fully saturated rings. The third-order valence-electron chi connectivity index (χ3n) is 5.82. The van der Waals surface area contributed by atoms with Crippen LogP contribution in [0, 0.1) is 5.92 Å². The van der Waals surface area contributed by atoms with Crippen LogP contribution in [-0.4, -0.2) is 47.9 Å². The third kappa shape index (κ3) is 3.15. The van der Waals surface area contributed by atoms with Crippen molar-refractivity contribution >= 4 is 23.5 Å². The maximum atomic E-state index is 13.1. The highest BCUT2D eigenvalue weighted by Crippen LogP contribution is 2.34. The second-order valence-corrected chi connectivity index (χ2v) is 7.47. The van der Waals surface area contributed by atoms with E-state index in [4.69, 9.17) is 0 Å². The lowest BCUT2D eigenvalue weighted by atomic mass is 9.89. The Balaban J connectivity index is 1.59. The minimum Gasteiger partial charge on any atom is -0.481 e. The number of fused-ring (bicyclic) bond motifs is 1. The first-order valence-corrected chi connectivity index (χ1v) is 9.42. The highest BCUT2D eigenvalue weighted by molar-refractivity contribution is 5.99. The van der Waals surface area contributed by atoms with Gasteiger partial charge in [0.1, 0.15) is 0 Å². The lowest BCUT2D eigenvalue weighted by Crippen LogP contribution is -2.32. The standard InChI is InChI=1S/C22H22N2O4/c1-23-19-9-7-16(11-15(19)8-10-20(23)25)21(26)24-12-17(18(13-24)22(27)28)14-5-3-2-4-6-14/h2-7,9,11,17-18H,8,10,12-13H2,1H3,(H,27,28). The fraction of sp³-hybridized carbons (Fsp3) is 0.318. The number of carboxylic acid groups (broad SMARTS) is 1. The zero-order valence-electron chi connectivity index (χ0n) is 15.7. The van der Waals surface area contributed by atoms with E-state index in [0.717, 1.165) is 16.8 Å². The number of rotatable bonds is 3. The molecule has 2 aromatic rings. The van der Waals surface area contributed by atoms with Gasteiger partial charge in [0.2, 0.25) is 5.91 Å². The molecule has 28 heavy (non-hydrogen) atoms. The molecule has 1 saturated heterocycles. The molecule has 2 aliphatic rings. The zero-order valence-corrected chi connectivity index (χ0v) is 15.7. The first kappa shape index (κ1) is 18.2. The van der Waals surface area contributed by atoms with Gasteiger partial charge in [-0.3, -0.25) is 14.4 Å². The molecule has 6 heteroatoms. The molecule has 0 bridgehead atoms. The Labute approximate surface area is 163 Å². The Morgan fingerprint density at radius 3 is 2.50 bits per heavy atom. The fourth-order valence-corrected chi connectivity index (χ4v) is 4.23.